The van der Waals surface area contributed by atoms with E-state index in [1.807, 2.05) is 0 Å². The van der Waals surface area contributed by atoms with Crippen molar-refractivity contribution in [1.82, 2.24) is 4.90 Å². The van der Waals surface area contributed by atoms with E-state index >= 15 is 0 Å². The van der Waals surface area contributed by atoms with Crippen molar-refractivity contribution in [2.45, 2.75) is 25.4 Å². The zero-order valence-electron chi connectivity index (χ0n) is 13.8. The number of carbonyl (C=O) groups excluding carboxylic acids is 1. The highest BCUT2D eigenvalue weighted by molar-refractivity contribution is 5.95. The third-order valence-electron chi connectivity index (χ3n) is 4.08. The van der Waals surface area contributed by atoms with Crippen LogP contribution in [0.15, 0.2) is 42.5 Å². The molecule has 7 heteroatoms. The van der Waals surface area contributed by atoms with E-state index in [1.54, 1.807) is 12.1 Å². The van der Waals surface area contributed by atoms with Crippen molar-refractivity contribution < 1.29 is 28.2 Å². The molecule has 0 unspecified atom stereocenters. The molecule has 1 N–H and O–H groups in total. The van der Waals surface area contributed by atoms with Crippen LogP contribution < -0.4 is 4.74 Å². The quantitative estimate of drug-likeness (QED) is 0.822. The molecule has 1 amide bonds. The average molecular weight is 361 g/mol. The molecule has 0 bridgehead atoms. The molecule has 1 fully saturated rings. The van der Waals surface area contributed by atoms with Crippen molar-refractivity contribution in [2.24, 2.45) is 0 Å². The van der Waals surface area contributed by atoms with Crippen LogP contribution in [0.4, 0.5) is 8.78 Å². The Bertz CT molecular complexity index is 816. The smallest absolute Gasteiger partial charge is 0.341 e. The maximum atomic E-state index is 13.9. The molecule has 0 spiro atoms. The molecular formula is C19H17F2NO4. The van der Waals surface area contributed by atoms with Gasteiger partial charge in [0.2, 0.25) is 0 Å². The lowest BCUT2D eigenvalue weighted by molar-refractivity contribution is -0.139. The molecule has 1 saturated carbocycles. The Morgan fingerprint density at radius 1 is 1.12 bits per heavy atom. The third kappa shape index (κ3) is 4.17. The Kier molecular flexibility index (Phi) is 5.16. The van der Waals surface area contributed by atoms with Gasteiger partial charge in [-0.25, -0.2) is 13.6 Å². The van der Waals surface area contributed by atoms with Crippen molar-refractivity contribution in [3.8, 4) is 5.75 Å². The predicted molar refractivity (Wildman–Crippen MR) is 88.8 cm³/mol. The third-order valence-corrected chi connectivity index (χ3v) is 4.08. The zero-order valence-corrected chi connectivity index (χ0v) is 13.8. The molecule has 1 aliphatic rings. The molecule has 0 aromatic heterocycles. The summed E-state index contributed by atoms with van der Waals surface area (Å²) in [6.45, 7) is -0.688. The number of carboxylic acids is 1. The van der Waals surface area contributed by atoms with Crippen LogP contribution in [0, 0.1) is 11.6 Å². The van der Waals surface area contributed by atoms with Crippen LogP contribution in [0.5, 0.6) is 5.75 Å². The molecule has 2 aromatic carbocycles. The Morgan fingerprint density at radius 2 is 1.77 bits per heavy atom. The Morgan fingerprint density at radius 3 is 2.38 bits per heavy atom. The topological polar surface area (TPSA) is 66.8 Å². The van der Waals surface area contributed by atoms with Crippen LogP contribution in [0.3, 0.4) is 0 Å². The lowest BCUT2D eigenvalue weighted by Gasteiger charge is -2.23. The largest absolute Gasteiger partial charge is 0.482 e. The Labute approximate surface area is 148 Å². The van der Waals surface area contributed by atoms with Crippen LogP contribution in [-0.2, 0) is 11.3 Å². The number of benzene rings is 2. The minimum absolute atomic E-state index is 0.0647. The molecule has 5 nitrogen and oxygen atoms in total. The predicted octanol–water partition coefficient (Wildman–Crippen LogP) is 3.23. The lowest BCUT2D eigenvalue weighted by Crippen LogP contribution is -2.33. The summed E-state index contributed by atoms with van der Waals surface area (Å²) in [5.41, 5.74) is 0.127. The normalized spacial score (nSPS) is 13.3. The van der Waals surface area contributed by atoms with E-state index in [1.165, 1.54) is 23.1 Å². The Balaban J connectivity index is 1.81. The van der Waals surface area contributed by atoms with Crippen LogP contribution in [0.2, 0.25) is 0 Å². The second-order valence-electron chi connectivity index (χ2n) is 6.07. The molecule has 2 aromatic rings. The molecule has 0 radical (unpaired) electrons. The summed E-state index contributed by atoms with van der Waals surface area (Å²) in [4.78, 5) is 24.9. The number of nitrogens with zero attached hydrogens (tertiary/aromatic N) is 1. The molecule has 0 saturated heterocycles. The van der Waals surface area contributed by atoms with E-state index in [-0.39, 0.29) is 35.4 Å². The van der Waals surface area contributed by atoms with Gasteiger partial charge in [0.25, 0.3) is 5.91 Å². The van der Waals surface area contributed by atoms with Crippen molar-refractivity contribution >= 4 is 11.9 Å². The fraction of sp³-hybridized carbons (Fsp3) is 0.263. The fourth-order valence-electron chi connectivity index (χ4n) is 2.64. The van der Waals surface area contributed by atoms with Gasteiger partial charge in [-0.05, 0) is 43.2 Å². The van der Waals surface area contributed by atoms with Crippen LogP contribution in [0.1, 0.15) is 28.8 Å². The van der Waals surface area contributed by atoms with E-state index in [4.69, 9.17) is 9.84 Å². The van der Waals surface area contributed by atoms with Gasteiger partial charge < -0.3 is 14.7 Å². The van der Waals surface area contributed by atoms with E-state index in [9.17, 15) is 18.4 Å². The minimum Gasteiger partial charge on any atom is -0.482 e. The molecule has 1 aliphatic carbocycles. The molecule has 0 atom stereocenters. The number of carboxylic acid groups (broad SMARTS) is 1. The molecule has 0 heterocycles. The lowest BCUT2D eigenvalue weighted by atomic mass is 10.1. The molecule has 26 heavy (non-hydrogen) atoms. The van der Waals surface area contributed by atoms with Gasteiger partial charge in [-0.3, -0.25) is 4.79 Å². The monoisotopic (exact) mass is 361 g/mol. The van der Waals surface area contributed by atoms with Crippen molar-refractivity contribution in [1.29, 1.82) is 0 Å². The van der Waals surface area contributed by atoms with Gasteiger partial charge in [-0.15, -0.1) is 0 Å². The van der Waals surface area contributed by atoms with Crippen molar-refractivity contribution in [3.63, 3.8) is 0 Å². The van der Waals surface area contributed by atoms with E-state index < -0.39 is 24.2 Å². The maximum absolute atomic E-state index is 13.9. The number of amides is 1. The maximum Gasteiger partial charge on any atom is 0.341 e. The summed E-state index contributed by atoms with van der Waals surface area (Å²) in [6, 6.07) is 9.63. The van der Waals surface area contributed by atoms with Gasteiger partial charge in [0.05, 0.1) is 6.54 Å². The first kappa shape index (κ1) is 17.8. The average Bonchev–Trinajstić information content (AvgIpc) is 3.44. The second-order valence-corrected chi connectivity index (χ2v) is 6.07. The minimum atomic E-state index is -1.13. The van der Waals surface area contributed by atoms with Crippen LogP contribution >= 0.6 is 0 Å². The Hall–Kier alpha value is -2.96. The first-order chi connectivity index (χ1) is 12.5. The van der Waals surface area contributed by atoms with E-state index in [2.05, 4.69) is 0 Å². The van der Waals surface area contributed by atoms with Gasteiger partial charge in [0.15, 0.2) is 6.61 Å². The van der Waals surface area contributed by atoms with Gasteiger partial charge in [-0.2, -0.15) is 0 Å². The van der Waals surface area contributed by atoms with Gasteiger partial charge in [0, 0.05) is 17.2 Å². The molecular weight excluding hydrogens is 344 g/mol. The first-order valence-corrected chi connectivity index (χ1v) is 8.14. The number of aliphatic carboxylic acids is 1. The number of carbonyl (C=O) groups is 2. The van der Waals surface area contributed by atoms with Crippen LogP contribution in [-0.4, -0.2) is 34.5 Å². The number of hydrogen-bond donors (Lipinski definition) is 1. The first-order valence-electron chi connectivity index (χ1n) is 8.14. The van der Waals surface area contributed by atoms with Crippen molar-refractivity contribution in [3.05, 3.63) is 65.2 Å². The summed E-state index contributed by atoms with van der Waals surface area (Å²) >= 11 is 0. The van der Waals surface area contributed by atoms with E-state index in [0.717, 1.165) is 25.0 Å². The zero-order chi connectivity index (χ0) is 18.7. The fourth-order valence-corrected chi connectivity index (χ4v) is 2.64. The summed E-state index contributed by atoms with van der Waals surface area (Å²) in [5.74, 6) is -2.65. The number of hydrogen-bond acceptors (Lipinski definition) is 3. The molecule has 136 valence electrons. The number of halogens is 2. The SMILES string of the molecule is O=C(O)COc1cccc(C(=O)N(Cc2c(F)cccc2F)C2CC2)c1. The summed E-state index contributed by atoms with van der Waals surface area (Å²) in [5, 5.41) is 8.67. The van der Waals surface area contributed by atoms with Crippen LogP contribution in [0.25, 0.3) is 0 Å². The summed E-state index contributed by atoms with van der Waals surface area (Å²) < 4.78 is 33.0. The van der Waals surface area contributed by atoms with Crippen molar-refractivity contribution in [2.75, 3.05) is 6.61 Å². The highest BCUT2D eigenvalue weighted by Crippen LogP contribution is 2.31. The molecule has 3 rings (SSSR count). The van der Waals surface area contributed by atoms with E-state index in [0.29, 0.717) is 0 Å². The summed E-state index contributed by atoms with van der Waals surface area (Å²) in [7, 11) is 0. The van der Waals surface area contributed by atoms with Gasteiger partial charge in [0.1, 0.15) is 17.4 Å². The summed E-state index contributed by atoms with van der Waals surface area (Å²) in [6.07, 6.45) is 1.55. The number of ether oxygens (including phenoxy) is 1. The highest BCUT2D eigenvalue weighted by Gasteiger charge is 2.34. The number of rotatable bonds is 7. The highest BCUT2D eigenvalue weighted by atomic mass is 19.1. The van der Waals surface area contributed by atoms with Gasteiger partial charge in [-0.1, -0.05) is 12.1 Å². The second kappa shape index (κ2) is 7.51. The standard InChI is InChI=1S/C19H17F2NO4/c20-16-5-2-6-17(21)15(16)10-22(13-7-8-13)19(25)12-3-1-4-14(9-12)26-11-18(23)24/h1-6,9,13H,7-8,10-11H2,(H,23,24). The molecule has 0 aliphatic heterocycles. The van der Waals surface area contributed by atoms with Gasteiger partial charge >= 0.3 is 5.97 Å².